The predicted molar refractivity (Wildman–Crippen MR) is 108 cm³/mol. The molecule has 2 heterocycles. The summed E-state index contributed by atoms with van der Waals surface area (Å²) < 4.78 is 21.2. The molecule has 1 amide bonds. The first-order valence-electron chi connectivity index (χ1n) is 9.42. The van der Waals surface area contributed by atoms with Crippen LogP contribution in [-0.4, -0.2) is 27.1 Å². The van der Waals surface area contributed by atoms with Crippen molar-refractivity contribution in [2.24, 2.45) is 7.05 Å². The zero-order valence-electron chi connectivity index (χ0n) is 16.1. The lowest BCUT2D eigenvalue weighted by atomic mass is 10.0. The molecule has 4 rings (SSSR count). The minimum absolute atomic E-state index is 0.174. The number of carbonyl (C=O) groups is 1. The summed E-state index contributed by atoms with van der Waals surface area (Å²) in [6.07, 6.45) is 0.705. The average molecular weight is 414 g/mol. The van der Waals surface area contributed by atoms with Crippen molar-refractivity contribution in [2.75, 3.05) is 6.54 Å². The lowest BCUT2D eigenvalue weighted by Crippen LogP contribution is -2.36. The molecule has 5 nitrogen and oxygen atoms in total. The third-order valence-corrected chi connectivity index (χ3v) is 5.36. The maximum Gasteiger partial charge on any atom is 0.254 e. The normalized spacial score (nSPS) is 13.4. The van der Waals surface area contributed by atoms with Gasteiger partial charge >= 0.3 is 0 Å². The Balaban J connectivity index is 1.46. The highest BCUT2D eigenvalue weighted by atomic mass is 35.5. The molecule has 1 aromatic heterocycles. The number of hydrogen-bond acceptors (Lipinski definition) is 3. The Hall–Kier alpha value is -2.70. The average Bonchev–Trinajstić information content (AvgIpc) is 3.04. The first kappa shape index (κ1) is 19.6. The fourth-order valence-corrected chi connectivity index (χ4v) is 3.74. The topological polar surface area (TPSA) is 47.4 Å². The summed E-state index contributed by atoms with van der Waals surface area (Å²) in [7, 11) is 1.91. The summed E-state index contributed by atoms with van der Waals surface area (Å²) in [5.74, 6) is -0.585. The number of aromatic nitrogens is 2. The summed E-state index contributed by atoms with van der Waals surface area (Å²) in [4.78, 5) is 14.5. The molecule has 0 radical (unpaired) electrons. The first-order valence-corrected chi connectivity index (χ1v) is 9.79. The Morgan fingerprint density at radius 3 is 2.76 bits per heavy atom. The standard InChI is InChI=1S/C22H21ClFN3O2/c1-26-21-9-10-27(22(28)16-3-2-4-18(24)11-16)12-19(21)20(25-26)14-29-13-15-5-7-17(23)8-6-15/h2-8,11H,9-10,12-14H2,1H3. The molecule has 0 saturated heterocycles. The number of rotatable bonds is 5. The Morgan fingerprint density at radius 1 is 1.21 bits per heavy atom. The molecule has 150 valence electrons. The number of carbonyl (C=O) groups excluding carboxylic acids is 1. The van der Waals surface area contributed by atoms with Crippen LogP contribution in [0.1, 0.15) is 32.9 Å². The SMILES string of the molecule is Cn1nc(COCc2ccc(Cl)cc2)c2c1CCN(C(=O)c1cccc(F)c1)C2. The van der Waals surface area contributed by atoms with Gasteiger partial charge in [-0.3, -0.25) is 9.48 Å². The molecule has 1 aliphatic heterocycles. The molecule has 7 heteroatoms. The molecule has 0 fully saturated rings. The van der Waals surface area contributed by atoms with Crippen LogP contribution in [0, 0.1) is 5.82 Å². The van der Waals surface area contributed by atoms with Gasteiger partial charge in [0.2, 0.25) is 0 Å². The van der Waals surface area contributed by atoms with Gasteiger partial charge in [0.05, 0.1) is 18.9 Å². The second-order valence-electron chi connectivity index (χ2n) is 7.10. The predicted octanol–water partition coefficient (Wildman–Crippen LogP) is 4.13. The molecule has 0 aliphatic carbocycles. The van der Waals surface area contributed by atoms with E-state index in [-0.39, 0.29) is 5.91 Å². The van der Waals surface area contributed by atoms with Crippen molar-refractivity contribution >= 4 is 17.5 Å². The molecular weight excluding hydrogens is 393 g/mol. The molecule has 0 unspecified atom stereocenters. The number of hydrogen-bond donors (Lipinski definition) is 0. The van der Waals surface area contributed by atoms with E-state index in [1.165, 1.54) is 12.1 Å². The summed E-state index contributed by atoms with van der Waals surface area (Å²) in [5, 5.41) is 5.28. The number of amides is 1. The second-order valence-corrected chi connectivity index (χ2v) is 7.54. The Labute approximate surface area is 173 Å². The quantitative estimate of drug-likeness (QED) is 0.632. The molecule has 0 atom stereocenters. The van der Waals surface area contributed by atoms with Crippen LogP contribution in [0.15, 0.2) is 48.5 Å². The molecule has 0 bridgehead atoms. The van der Waals surface area contributed by atoms with E-state index in [2.05, 4.69) is 5.10 Å². The van der Waals surface area contributed by atoms with Gasteiger partial charge in [0.15, 0.2) is 0 Å². The van der Waals surface area contributed by atoms with Crippen LogP contribution in [-0.2, 0) is 38.0 Å². The maximum atomic E-state index is 13.5. The molecule has 0 spiro atoms. The molecular formula is C22H21ClFN3O2. The summed E-state index contributed by atoms with van der Waals surface area (Å²) in [5.41, 5.74) is 4.34. The molecule has 2 aromatic carbocycles. The Kier molecular flexibility index (Phi) is 5.65. The number of fused-ring (bicyclic) bond motifs is 1. The summed E-state index contributed by atoms with van der Waals surface area (Å²) >= 11 is 5.91. The zero-order valence-corrected chi connectivity index (χ0v) is 16.8. The third-order valence-electron chi connectivity index (χ3n) is 5.11. The van der Waals surface area contributed by atoms with Crippen molar-refractivity contribution < 1.29 is 13.9 Å². The number of ether oxygens (including phenoxy) is 1. The van der Waals surface area contributed by atoms with E-state index < -0.39 is 5.82 Å². The van der Waals surface area contributed by atoms with Gasteiger partial charge in [0, 0.05) is 48.4 Å². The van der Waals surface area contributed by atoms with E-state index >= 15 is 0 Å². The lowest BCUT2D eigenvalue weighted by molar-refractivity contribution is 0.0727. The Bertz CT molecular complexity index is 1030. The van der Waals surface area contributed by atoms with Crippen LogP contribution in [0.5, 0.6) is 0 Å². The maximum absolute atomic E-state index is 13.5. The minimum Gasteiger partial charge on any atom is -0.370 e. The zero-order chi connectivity index (χ0) is 20.4. The lowest BCUT2D eigenvalue weighted by Gasteiger charge is -2.28. The van der Waals surface area contributed by atoms with Gasteiger partial charge < -0.3 is 9.64 Å². The van der Waals surface area contributed by atoms with Crippen molar-refractivity contribution in [3.63, 3.8) is 0 Å². The third kappa shape index (κ3) is 4.33. The molecule has 29 heavy (non-hydrogen) atoms. The van der Waals surface area contributed by atoms with Crippen molar-refractivity contribution in [1.29, 1.82) is 0 Å². The van der Waals surface area contributed by atoms with Crippen molar-refractivity contribution in [1.82, 2.24) is 14.7 Å². The highest BCUT2D eigenvalue weighted by Gasteiger charge is 2.27. The molecule has 0 N–H and O–H groups in total. The van der Waals surface area contributed by atoms with Crippen molar-refractivity contribution in [2.45, 2.75) is 26.2 Å². The van der Waals surface area contributed by atoms with E-state index in [0.29, 0.717) is 43.3 Å². The van der Waals surface area contributed by atoms with Crippen molar-refractivity contribution in [3.8, 4) is 0 Å². The summed E-state index contributed by atoms with van der Waals surface area (Å²) in [6.45, 7) is 1.83. The number of halogens is 2. The van der Waals surface area contributed by atoms with Crippen LogP contribution >= 0.6 is 11.6 Å². The number of nitrogens with zero attached hydrogens (tertiary/aromatic N) is 3. The monoisotopic (exact) mass is 413 g/mol. The van der Waals surface area contributed by atoms with Gasteiger partial charge in [0.1, 0.15) is 5.82 Å². The van der Waals surface area contributed by atoms with Crippen LogP contribution in [0.25, 0.3) is 0 Å². The summed E-state index contributed by atoms with van der Waals surface area (Å²) in [6, 6.07) is 13.3. The highest BCUT2D eigenvalue weighted by molar-refractivity contribution is 6.30. The fourth-order valence-electron chi connectivity index (χ4n) is 3.61. The Morgan fingerprint density at radius 2 is 2.00 bits per heavy atom. The van der Waals surface area contributed by atoms with Gasteiger partial charge in [-0.05, 0) is 35.9 Å². The fraction of sp³-hybridized carbons (Fsp3) is 0.273. The minimum atomic E-state index is -0.411. The molecule has 1 aliphatic rings. The van der Waals surface area contributed by atoms with Crippen LogP contribution in [0.3, 0.4) is 0 Å². The van der Waals surface area contributed by atoms with Gasteiger partial charge in [-0.2, -0.15) is 5.10 Å². The van der Waals surface area contributed by atoms with Gasteiger partial charge in [-0.25, -0.2) is 4.39 Å². The van der Waals surface area contributed by atoms with Gasteiger partial charge in [-0.15, -0.1) is 0 Å². The first-order chi connectivity index (χ1) is 14.0. The molecule has 0 saturated carbocycles. The number of benzene rings is 2. The highest BCUT2D eigenvalue weighted by Crippen LogP contribution is 2.24. The molecule has 3 aromatic rings. The van der Waals surface area contributed by atoms with Gasteiger partial charge in [-0.1, -0.05) is 29.8 Å². The van der Waals surface area contributed by atoms with Crippen LogP contribution in [0.2, 0.25) is 5.02 Å². The van der Waals surface area contributed by atoms with Crippen LogP contribution in [0.4, 0.5) is 4.39 Å². The second kappa shape index (κ2) is 8.35. The number of aryl methyl sites for hydroxylation is 1. The largest absolute Gasteiger partial charge is 0.370 e. The van der Waals surface area contributed by atoms with Gasteiger partial charge in [0.25, 0.3) is 5.91 Å². The van der Waals surface area contributed by atoms with E-state index in [1.807, 2.05) is 36.0 Å². The van der Waals surface area contributed by atoms with E-state index in [0.717, 1.165) is 22.5 Å². The van der Waals surface area contributed by atoms with Crippen molar-refractivity contribution in [3.05, 3.63) is 87.4 Å². The van der Waals surface area contributed by atoms with E-state index in [1.54, 1.807) is 17.0 Å². The van der Waals surface area contributed by atoms with E-state index in [9.17, 15) is 9.18 Å². The smallest absolute Gasteiger partial charge is 0.254 e. The van der Waals surface area contributed by atoms with Crippen LogP contribution < -0.4 is 0 Å². The van der Waals surface area contributed by atoms with E-state index in [4.69, 9.17) is 16.3 Å².